The largest absolute Gasteiger partial charge is 0.573 e. The van der Waals surface area contributed by atoms with E-state index in [9.17, 15) is 26.3 Å². The molecule has 0 N–H and O–H groups in total. The maximum absolute atomic E-state index is 13.1. The van der Waals surface area contributed by atoms with Gasteiger partial charge in [0.15, 0.2) is 5.65 Å². The second-order valence-corrected chi connectivity index (χ2v) is 5.44. The molecule has 0 unspecified atom stereocenters. The fourth-order valence-electron chi connectivity index (χ4n) is 2.53. The molecule has 0 aliphatic carbocycles. The highest BCUT2D eigenvalue weighted by Crippen LogP contribution is 2.32. The molecule has 3 rings (SSSR count). The number of ether oxygens (including phenoxy) is 2. The summed E-state index contributed by atoms with van der Waals surface area (Å²) in [6, 6.07) is 3.41. The number of hydrogen-bond acceptors (Lipinski definition) is 4. The zero-order valence-corrected chi connectivity index (χ0v) is 13.6. The third kappa shape index (κ3) is 4.13. The predicted molar refractivity (Wildman–Crippen MR) is 80.8 cm³/mol. The molecule has 0 atom stereocenters. The molecule has 0 saturated carbocycles. The van der Waals surface area contributed by atoms with Crippen molar-refractivity contribution in [1.29, 1.82) is 0 Å². The summed E-state index contributed by atoms with van der Waals surface area (Å²) in [6.07, 6.45) is -6.57. The minimum Gasteiger partial charge on any atom is -0.406 e. The lowest BCUT2D eigenvalue weighted by molar-refractivity contribution is -0.274. The Morgan fingerprint density at radius 2 is 1.78 bits per heavy atom. The van der Waals surface area contributed by atoms with Crippen molar-refractivity contribution in [2.45, 2.75) is 19.1 Å². The number of aromatic nitrogens is 3. The zero-order chi connectivity index (χ0) is 19.8. The molecular formula is C16H11F6N3O2. The summed E-state index contributed by atoms with van der Waals surface area (Å²) < 4.78 is 86.0. The smallest absolute Gasteiger partial charge is 0.406 e. The first-order valence-corrected chi connectivity index (χ1v) is 7.37. The maximum atomic E-state index is 13.1. The van der Waals surface area contributed by atoms with Gasteiger partial charge in [-0.05, 0) is 23.8 Å². The zero-order valence-electron chi connectivity index (χ0n) is 13.6. The Morgan fingerprint density at radius 3 is 2.41 bits per heavy atom. The normalized spacial score (nSPS) is 12.6. The van der Waals surface area contributed by atoms with Crippen LogP contribution in [-0.4, -0.2) is 27.8 Å². The second-order valence-electron chi connectivity index (χ2n) is 5.44. The van der Waals surface area contributed by atoms with Crippen molar-refractivity contribution in [2.75, 3.05) is 7.11 Å². The number of halogens is 6. The summed E-state index contributed by atoms with van der Waals surface area (Å²) in [6.45, 7) is -0.0971. The van der Waals surface area contributed by atoms with E-state index in [0.717, 1.165) is 28.9 Å². The molecule has 144 valence electrons. The molecule has 0 spiro atoms. The Balaban J connectivity index is 2.09. The van der Waals surface area contributed by atoms with Crippen LogP contribution in [0.25, 0.3) is 16.9 Å². The molecule has 27 heavy (non-hydrogen) atoms. The van der Waals surface area contributed by atoms with Crippen molar-refractivity contribution in [2.24, 2.45) is 0 Å². The molecule has 0 amide bonds. The fraction of sp³-hybridized carbons (Fsp3) is 0.250. The number of hydrogen-bond donors (Lipinski definition) is 0. The Bertz CT molecular complexity index is 965. The minimum atomic E-state index is -4.87. The lowest BCUT2D eigenvalue weighted by Crippen LogP contribution is -2.17. The van der Waals surface area contributed by atoms with Gasteiger partial charge in [0.1, 0.15) is 11.4 Å². The van der Waals surface area contributed by atoms with Crippen molar-refractivity contribution in [3.63, 3.8) is 0 Å². The van der Waals surface area contributed by atoms with Gasteiger partial charge in [0.25, 0.3) is 0 Å². The maximum Gasteiger partial charge on any atom is 0.573 e. The van der Waals surface area contributed by atoms with E-state index in [1.807, 2.05) is 0 Å². The predicted octanol–water partition coefficient (Wildman–Crippen LogP) is 4.46. The van der Waals surface area contributed by atoms with Crippen molar-refractivity contribution < 1.29 is 35.8 Å². The molecule has 0 bridgehead atoms. The highest BCUT2D eigenvalue weighted by atomic mass is 19.4. The second kappa shape index (κ2) is 6.72. The molecule has 0 radical (unpaired) electrons. The van der Waals surface area contributed by atoms with Gasteiger partial charge in [0.2, 0.25) is 0 Å². The van der Waals surface area contributed by atoms with Crippen LogP contribution in [0, 0.1) is 0 Å². The van der Waals surface area contributed by atoms with Crippen molar-refractivity contribution in [3.05, 3.63) is 48.0 Å². The number of benzene rings is 1. The van der Waals surface area contributed by atoms with Gasteiger partial charge in [0, 0.05) is 18.9 Å². The summed E-state index contributed by atoms with van der Waals surface area (Å²) in [5.74, 6) is -0.474. The number of nitrogens with zero attached hydrogens (tertiary/aromatic N) is 3. The van der Waals surface area contributed by atoms with E-state index >= 15 is 0 Å². The van der Waals surface area contributed by atoms with Crippen LogP contribution in [0.1, 0.15) is 11.3 Å². The van der Waals surface area contributed by atoms with E-state index in [0.29, 0.717) is 11.8 Å². The summed E-state index contributed by atoms with van der Waals surface area (Å²) in [4.78, 5) is 7.69. The molecule has 5 nitrogen and oxygen atoms in total. The van der Waals surface area contributed by atoms with Crippen LogP contribution in [0.15, 0.2) is 36.8 Å². The SMILES string of the molecule is COCc1cc(OC(F)(F)F)ccc1-c1cn2c(C(F)(F)F)cnc2cn1. The molecule has 0 aliphatic heterocycles. The van der Waals surface area contributed by atoms with Gasteiger partial charge in [-0.25, -0.2) is 4.98 Å². The Morgan fingerprint density at radius 1 is 1.04 bits per heavy atom. The molecular weight excluding hydrogens is 380 g/mol. The van der Waals surface area contributed by atoms with Gasteiger partial charge >= 0.3 is 12.5 Å². The molecule has 0 saturated heterocycles. The number of methoxy groups -OCH3 is 1. The average molecular weight is 391 g/mol. The fourth-order valence-corrected chi connectivity index (χ4v) is 2.53. The Kier molecular flexibility index (Phi) is 4.72. The third-order valence-electron chi connectivity index (χ3n) is 3.57. The van der Waals surface area contributed by atoms with Crippen molar-refractivity contribution in [3.8, 4) is 17.0 Å². The lowest BCUT2D eigenvalue weighted by atomic mass is 10.0. The minimum absolute atomic E-state index is 0.0172. The molecule has 1 aromatic carbocycles. The number of imidazole rings is 1. The van der Waals surface area contributed by atoms with Gasteiger partial charge in [0.05, 0.1) is 24.7 Å². The molecule has 2 aromatic heterocycles. The van der Waals surface area contributed by atoms with Gasteiger partial charge in [-0.1, -0.05) is 0 Å². The highest BCUT2D eigenvalue weighted by molar-refractivity contribution is 5.65. The number of alkyl halides is 6. The van der Waals surface area contributed by atoms with E-state index < -0.39 is 24.0 Å². The van der Waals surface area contributed by atoms with Crippen molar-refractivity contribution in [1.82, 2.24) is 14.4 Å². The van der Waals surface area contributed by atoms with Gasteiger partial charge < -0.3 is 9.47 Å². The first kappa shape index (κ1) is 19.0. The topological polar surface area (TPSA) is 48.7 Å². The van der Waals surface area contributed by atoms with Crippen LogP contribution in [0.4, 0.5) is 26.3 Å². The lowest BCUT2D eigenvalue weighted by Gasteiger charge is -2.14. The van der Waals surface area contributed by atoms with Crippen LogP contribution < -0.4 is 4.74 Å². The van der Waals surface area contributed by atoms with E-state index in [1.54, 1.807) is 0 Å². The van der Waals surface area contributed by atoms with Crippen LogP contribution >= 0.6 is 0 Å². The number of rotatable bonds is 4. The molecule has 3 aromatic rings. The van der Waals surface area contributed by atoms with E-state index in [2.05, 4.69) is 14.7 Å². The molecule has 2 heterocycles. The molecule has 0 fully saturated rings. The van der Waals surface area contributed by atoms with Crippen LogP contribution in [-0.2, 0) is 17.5 Å². The number of fused-ring (bicyclic) bond motifs is 1. The highest BCUT2D eigenvalue weighted by Gasteiger charge is 2.35. The quantitative estimate of drug-likeness (QED) is 0.617. The summed E-state index contributed by atoms with van der Waals surface area (Å²) >= 11 is 0. The first-order valence-electron chi connectivity index (χ1n) is 7.37. The third-order valence-corrected chi connectivity index (χ3v) is 3.57. The standard InChI is InChI=1S/C16H11F6N3O2/c1-26-8-9-4-10(27-16(20,21)22)2-3-11(9)12-7-25-13(15(17,18)19)5-24-14(25)6-23-12/h2-7H,8H2,1H3. The summed E-state index contributed by atoms with van der Waals surface area (Å²) in [7, 11) is 1.33. The van der Waals surface area contributed by atoms with E-state index in [4.69, 9.17) is 4.74 Å². The van der Waals surface area contributed by atoms with Gasteiger partial charge in [-0.15, -0.1) is 13.2 Å². The van der Waals surface area contributed by atoms with Gasteiger partial charge in [-0.3, -0.25) is 9.38 Å². The Hall–Kier alpha value is -2.82. The summed E-state index contributed by atoms with van der Waals surface area (Å²) in [5, 5.41) is 0. The van der Waals surface area contributed by atoms with Crippen molar-refractivity contribution >= 4 is 5.65 Å². The summed E-state index contributed by atoms with van der Waals surface area (Å²) in [5.41, 5.74) is -0.339. The average Bonchev–Trinajstić information content (AvgIpc) is 2.97. The first-order chi connectivity index (χ1) is 12.6. The van der Waals surface area contributed by atoms with Crippen LogP contribution in [0.3, 0.4) is 0 Å². The van der Waals surface area contributed by atoms with Crippen LogP contribution in [0.2, 0.25) is 0 Å². The van der Waals surface area contributed by atoms with Gasteiger partial charge in [-0.2, -0.15) is 13.2 Å². The molecule has 0 aliphatic rings. The Labute approximate surface area is 148 Å². The van der Waals surface area contributed by atoms with Crippen LogP contribution in [0.5, 0.6) is 5.75 Å². The molecule has 11 heteroatoms. The monoisotopic (exact) mass is 391 g/mol. The van der Waals surface area contributed by atoms with E-state index in [1.165, 1.54) is 13.2 Å². The van der Waals surface area contributed by atoms with E-state index in [-0.39, 0.29) is 23.5 Å².